The summed E-state index contributed by atoms with van der Waals surface area (Å²) in [7, 11) is 0. The zero-order chi connectivity index (χ0) is 18.4. The number of nitrogens with zero attached hydrogens (tertiary/aromatic N) is 1. The van der Waals surface area contributed by atoms with Crippen molar-refractivity contribution in [1.29, 1.82) is 0 Å². The monoisotopic (exact) mass is 385 g/mol. The molecule has 0 saturated heterocycles. The molecule has 0 saturated carbocycles. The summed E-state index contributed by atoms with van der Waals surface area (Å²) in [5.74, 6) is -0.343. The molecule has 6 heteroatoms. The molecule has 2 N–H and O–H groups in total. The number of halogens is 2. The Morgan fingerprint density at radius 1 is 0.962 bits per heavy atom. The van der Waals surface area contributed by atoms with Crippen LogP contribution >= 0.6 is 23.2 Å². The van der Waals surface area contributed by atoms with Crippen LogP contribution in [0.2, 0.25) is 10.0 Å². The van der Waals surface area contributed by atoms with Gasteiger partial charge in [-0.05, 0) is 36.2 Å². The van der Waals surface area contributed by atoms with E-state index in [1.807, 2.05) is 24.3 Å². The summed E-state index contributed by atoms with van der Waals surface area (Å²) in [6, 6.07) is 18.8. The number of amides is 1. The predicted molar refractivity (Wildman–Crippen MR) is 107 cm³/mol. The van der Waals surface area contributed by atoms with Crippen molar-refractivity contribution in [3.05, 3.63) is 88.2 Å². The van der Waals surface area contributed by atoms with Gasteiger partial charge in [0.1, 0.15) is 5.69 Å². The summed E-state index contributed by atoms with van der Waals surface area (Å²) in [5, 5.41) is 6.70. The van der Waals surface area contributed by atoms with Crippen LogP contribution in [0.15, 0.2) is 66.9 Å². The largest absolute Gasteiger partial charge is 0.383 e. The molecule has 0 aliphatic heterocycles. The van der Waals surface area contributed by atoms with E-state index in [0.717, 1.165) is 18.7 Å². The van der Waals surface area contributed by atoms with Crippen LogP contribution < -0.4 is 10.6 Å². The lowest BCUT2D eigenvalue weighted by Crippen LogP contribution is -2.14. The summed E-state index contributed by atoms with van der Waals surface area (Å²) in [6.45, 7) is 0.787. The summed E-state index contributed by atoms with van der Waals surface area (Å²) in [5.41, 5.74) is 2.88. The molecule has 4 nitrogen and oxygen atoms in total. The van der Waals surface area contributed by atoms with E-state index in [0.29, 0.717) is 21.4 Å². The molecule has 26 heavy (non-hydrogen) atoms. The number of rotatable bonds is 6. The van der Waals surface area contributed by atoms with E-state index in [4.69, 9.17) is 23.2 Å². The number of anilines is 2. The van der Waals surface area contributed by atoms with Gasteiger partial charge in [-0.3, -0.25) is 4.79 Å². The standard InChI is InChI=1S/C20H17Cl2N3O/c21-16-7-4-8-17(19(16)22)25-20(26)18-10-9-15(13-24-18)23-12-11-14-5-2-1-3-6-14/h1-10,13,23H,11-12H2,(H,25,26). The van der Waals surface area contributed by atoms with E-state index in [1.54, 1.807) is 30.5 Å². The smallest absolute Gasteiger partial charge is 0.274 e. The molecule has 1 heterocycles. The van der Waals surface area contributed by atoms with Crippen LogP contribution in [-0.4, -0.2) is 17.4 Å². The van der Waals surface area contributed by atoms with Crippen molar-refractivity contribution in [2.45, 2.75) is 6.42 Å². The predicted octanol–water partition coefficient (Wildman–Crippen LogP) is 5.30. The van der Waals surface area contributed by atoms with Crippen LogP contribution in [0.3, 0.4) is 0 Å². The highest BCUT2D eigenvalue weighted by Crippen LogP contribution is 2.29. The Morgan fingerprint density at radius 3 is 2.50 bits per heavy atom. The Morgan fingerprint density at radius 2 is 1.77 bits per heavy atom. The lowest BCUT2D eigenvalue weighted by atomic mass is 10.1. The van der Waals surface area contributed by atoms with Crippen molar-refractivity contribution in [3.63, 3.8) is 0 Å². The fourth-order valence-corrected chi connectivity index (χ4v) is 2.76. The number of hydrogen-bond acceptors (Lipinski definition) is 3. The molecule has 0 unspecified atom stereocenters. The third kappa shape index (κ3) is 4.75. The second-order valence-corrected chi connectivity index (χ2v) is 6.44. The lowest BCUT2D eigenvalue weighted by Gasteiger charge is -2.09. The Kier molecular flexibility index (Phi) is 6.10. The summed E-state index contributed by atoms with van der Waals surface area (Å²) < 4.78 is 0. The van der Waals surface area contributed by atoms with Gasteiger partial charge in [-0.25, -0.2) is 4.98 Å². The molecular weight excluding hydrogens is 369 g/mol. The molecule has 3 aromatic rings. The molecule has 0 spiro atoms. The third-order valence-corrected chi connectivity index (χ3v) is 4.60. The second kappa shape index (κ2) is 8.70. The van der Waals surface area contributed by atoms with Gasteiger partial charge >= 0.3 is 0 Å². The van der Waals surface area contributed by atoms with E-state index >= 15 is 0 Å². The van der Waals surface area contributed by atoms with Gasteiger partial charge in [-0.2, -0.15) is 0 Å². The Labute approximate surface area is 162 Å². The summed E-state index contributed by atoms with van der Waals surface area (Å²) in [6.07, 6.45) is 2.55. The lowest BCUT2D eigenvalue weighted by molar-refractivity contribution is 0.102. The molecule has 0 aliphatic rings. The molecular formula is C20H17Cl2N3O. The van der Waals surface area contributed by atoms with Crippen molar-refractivity contribution in [2.24, 2.45) is 0 Å². The number of pyridine rings is 1. The Balaban J connectivity index is 1.56. The quantitative estimate of drug-likeness (QED) is 0.605. The zero-order valence-corrected chi connectivity index (χ0v) is 15.4. The Bertz CT molecular complexity index is 883. The van der Waals surface area contributed by atoms with Gasteiger partial charge < -0.3 is 10.6 Å². The number of benzene rings is 2. The normalized spacial score (nSPS) is 10.4. The van der Waals surface area contributed by atoms with Crippen molar-refractivity contribution in [1.82, 2.24) is 4.98 Å². The maximum Gasteiger partial charge on any atom is 0.274 e. The molecule has 0 fully saturated rings. The highest BCUT2D eigenvalue weighted by molar-refractivity contribution is 6.44. The molecule has 2 aromatic carbocycles. The summed E-state index contributed by atoms with van der Waals surface area (Å²) in [4.78, 5) is 16.5. The first-order chi connectivity index (χ1) is 12.6. The maximum atomic E-state index is 12.3. The van der Waals surface area contributed by atoms with Crippen molar-refractivity contribution in [2.75, 3.05) is 17.2 Å². The van der Waals surface area contributed by atoms with Crippen molar-refractivity contribution < 1.29 is 4.79 Å². The Hall–Kier alpha value is -2.56. The molecule has 3 rings (SSSR count). The second-order valence-electron chi connectivity index (χ2n) is 5.65. The molecule has 1 amide bonds. The van der Waals surface area contributed by atoms with Gasteiger partial charge in [0.15, 0.2) is 0 Å². The first kappa shape index (κ1) is 18.2. The first-order valence-corrected chi connectivity index (χ1v) is 8.88. The summed E-state index contributed by atoms with van der Waals surface area (Å²) >= 11 is 12.0. The van der Waals surface area contributed by atoms with E-state index in [1.165, 1.54) is 5.56 Å². The highest BCUT2D eigenvalue weighted by atomic mass is 35.5. The van der Waals surface area contributed by atoms with Crippen LogP contribution in [0.25, 0.3) is 0 Å². The fraction of sp³-hybridized carbons (Fsp3) is 0.100. The van der Waals surface area contributed by atoms with Gasteiger partial charge in [0.2, 0.25) is 0 Å². The van der Waals surface area contributed by atoms with Gasteiger partial charge in [0, 0.05) is 6.54 Å². The average Bonchev–Trinajstić information content (AvgIpc) is 2.67. The fourth-order valence-electron chi connectivity index (χ4n) is 2.42. The van der Waals surface area contributed by atoms with E-state index < -0.39 is 0 Å². The minimum absolute atomic E-state index is 0.301. The maximum absolute atomic E-state index is 12.3. The molecule has 0 bridgehead atoms. The molecule has 132 valence electrons. The molecule has 0 radical (unpaired) electrons. The number of hydrogen-bond donors (Lipinski definition) is 2. The van der Waals surface area contributed by atoms with Crippen LogP contribution in [0.4, 0.5) is 11.4 Å². The minimum Gasteiger partial charge on any atom is -0.383 e. The molecule has 1 aromatic heterocycles. The van der Waals surface area contributed by atoms with E-state index in [-0.39, 0.29) is 5.91 Å². The number of nitrogens with one attached hydrogen (secondary N) is 2. The molecule has 0 aliphatic carbocycles. The van der Waals surface area contributed by atoms with Crippen LogP contribution in [0.5, 0.6) is 0 Å². The minimum atomic E-state index is -0.343. The van der Waals surface area contributed by atoms with Gasteiger partial charge in [-0.15, -0.1) is 0 Å². The topological polar surface area (TPSA) is 54.0 Å². The number of carbonyl (C=O) groups is 1. The third-order valence-electron chi connectivity index (χ3n) is 3.78. The highest BCUT2D eigenvalue weighted by Gasteiger charge is 2.11. The number of carbonyl (C=O) groups excluding carboxylic acids is 1. The van der Waals surface area contributed by atoms with Crippen LogP contribution in [-0.2, 0) is 6.42 Å². The number of aromatic nitrogens is 1. The van der Waals surface area contributed by atoms with Crippen LogP contribution in [0.1, 0.15) is 16.1 Å². The van der Waals surface area contributed by atoms with E-state index in [9.17, 15) is 4.79 Å². The van der Waals surface area contributed by atoms with E-state index in [2.05, 4.69) is 27.8 Å². The molecule has 0 atom stereocenters. The van der Waals surface area contributed by atoms with Crippen LogP contribution in [0, 0.1) is 0 Å². The SMILES string of the molecule is O=C(Nc1cccc(Cl)c1Cl)c1ccc(NCCc2ccccc2)cn1. The first-order valence-electron chi connectivity index (χ1n) is 8.13. The van der Waals surface area contributed by atoms with Crippen molar-refractivity contribution in [3.8, 4) is 0 Å². The van der Waals surface area contributed by atoms with Gasteiger partial charge in [0.25, 0.3) is 5.91 Å². The van der Waals surface area contributed by atoms with Crippen molar-refractivity contribution >= 4 is 40.5 Å². The zero-order valence-electron chi connectivity index (χ0n) is 13.9. The van der Waals surface area contributed by atoms with Gasteiger partial charge in [-0.1, -0.05) is 59.6 Å². The average molecular weight is 386 g/mol. The van der Waals surface area contributed by atoms with Gasteiger partial charge in [0.05, 0.1) is 27.6 Å².